The Balaban J connectivity index is 1.00. The zero-order valence-corrected chi connectivity index (χ0v) is 33.4. The van der Waals surface area contributed by atoms with E-state index in [1.165, 1.54) is 22.3 Å². The number of benzene rings is 9. The van der Waals surface area contributed by atoms with Crippen LogP contribution in [0.2, 0.25) is 0 Å². The molecule has 0 amide bonds. The molecule has 0 N–H and O–H groups in total. The Bertz CT molecular complexity index is 3610. The van der Waals surface area contributed by atoms with E-state index in [2.05, 4.69) is 146 Å². The standard InChI is InChI=1S/C57H35N3O2/c1-4-14-36(15-5-1)41-30-32-49-47(34-41)53-45(22-12-24-51(53)61-49)56-58-55(40-18-8-3-9-19-40)59-57(60-56)46-23-13-25-52-54(46)48-35-42(31-33-50(48)62-52)37-26-28-39(29-27-37)44-21-11-10-20-43(44)38-16-6-2-7-17-38/h1-35H. The number of rotatable bonds is 7. The average molecular weight is 794 g/mol. The van der Waals surface area contributed by atoms with Crippen LogP contribution in [0.3, 0.4) is 0 Å². The molecule has 0 unspecified atom stereocenters. The van der Waals surface area contributed by atoms with E-state index in [0.29, 0.717) is 17.5 Å². The predicted octanol–water partition coefficient (Wildman–Crippen LogP) is 15.3. The highest BCUT2D eigenvalue weighted by molar-refractivity contribution is 6.14. The topological polar surface area (TPSA) is 65.0 Å². The fourth-order valence-electron chi connectivity index (χ4n) is 8.80. The summed E-state index contributed by atoms with van der Waals surface area (Å²) in [5.41, 5.74) is 15.0. The third-order valence-electron chi connectivity index (χ3n) is 11.8. The lowest BCUT2D eigenvalue weighted by molar-refractivity contribution is 0.668. The van der Waals surface area contributed by atoms with Gasteiger partial charge in [-0.05, 0) is 80.9 Å². The molecule has 12 rings (SSSR count). The van der Waals surface area contributed by atoms with E-state index in [9.17, 15) is 0 Å². The van der Waals surface area contributed by atoms with Gasteiger partial charge >= 0.3 is 0 Å². The molecule has 9 aromatic carbocycles. The fourth-order valence-corrected chi connectivity index (χ4v) is 8.80. The van der Waals surface area contributed by atoms with Crippen LogP contribution in [0, 0.1) is 0 Å². The Morgan fingerprint density at radius 1 is 0.242 bits per heavy atom. The minimum Gasteiger partial charge on any atom is -0.456 e. The first-order valence-corrected chi connectivity index (χ1v) is 20.8. The summed E-state index contributed by atoms with van der Waals surface area (Å²) in [4.78, 5) is 15.6. The van der Waals surface area contributed by atoms with Crippen LogP contribution < -0.4 is 0 Å². The third-order valence-corrected chi connectivity index (χ3v) is 11.8. The van der Waals surface area contributed by atoms with Gasteiger partial charge in [0, 0.05) is 38.2 Å². The van der Waals surface area contributed by atoms with E-state index in [1.54, 1.807) is 0 Å². The van der Waals surface area contributed by atoms with Gasteiger partial charge in [-0.25, -0.2) is 15.0 Å². The monoisotopic (exact) mass is 793 g/mol. The number of fused-ring (bicyclic) bond motifs is 6. The van der Waals surface area contributed by atoms with Crippen molar-refractivity contribution in [2.24, 2.45) is 0 Å². The zero-order chi connectivity index (χ0) is 41.0. The summed E-state index contributed by atoms with van der Waals surface area (Å²) < 4.78 is 13.0. The van der Waals surface area contributed by atoms with Gasteiger partial charge in [-0.3, -0.25) is 0 Å². The molecule has 0 bridgehead atoms. The van der Waals surface area contributed by atoms with Crippen LogP contribution in [0.1, 0.15) is 0 Å². The maximum absolute atomic E-state index is 6.53. The Hall–Kier alpha value is -8.41. The van der Waals surface area contributed by atoms with Crippen molar-refractivity contribution in [3.63, 3.8) is 0 Å². The molecule has 0 atom stereocenters. The molecule has 290 valence electrons. The molecule has 3 heterocycles. The lowest BCUT2D eigenvalue weighted by atomic mass is 9.93. The normalized spacial score (nSPS) is 11.5. The van der Waals surface area contributed by atoms with Crippen molar-refractivity contribution < 1.29 is 8.83 Å². The second-order valence-electron chi connectivity index (χ2n) is 15.5. The molecule has 12 aromatic rings. The van der Waals surface area contributed by atoms with Crippen LogP contribution in [0.15, 0.2) is 221 Å². The maximum Gasteiger partial charge on any atom is 0.164 e. The van der Waals surface area contributed by atoms with Gasteiger partial charge in [0.25, 0.3) is 0 Å². The zero-order valence-electron chi connectivity index (χ0n) is 33.4. The quantitative estimate of drug-likeness (QED) is 0.161. The average Bonchev–Trinajstić information content (AvgIpc) is 3.93. The lowest BCUT2D eigenvalue weighted by Gasteiger charge is -2.11. The van der Waals surface area contributed by atoms with Crippen molar-refractivity contribution in [2.75, 3.05) is 0 Å². The van der Waals surface area contributed by atoms with Crippen molar-refractivity contribution >= 4 is 43.9 Å². The summed E-state index contributed by atoms with van der Waals surface area (Å²) in [5, 5.41) is 3.91. The summed E-state index contributed by atoms with van der Waals surface area (Å²) >= 11 is 0. The molecule has 62 heavy (non-hydrogen) atoms. The van der Waals surface area contributed by atoms with E-state index in [0.717, 1.165) is 82.8 Å². The second kappa shape index (κ2) is 14.7. The van der Waals surface area contributed by atoms with Crippen LogP contribution in [0.25, 0.3) is 123 Å². The molecule has 0 saturated carbocycles. The van der Waals surface area contributed by atoms with Crippen molar-refractivity contribution in [3.05, 3.63) is 212 Å². The highest BCUT2D eigenvalue weighted by Crippen LogP contribution is 2.41. The molecule has 0 aliphatic heterocycles. The summed E-state index contributed by atoms with van der Waals surface area (Å²) in [6, 6.07) is 73.4. The van der Waals surface area contributed by atoms with Crippen LogP contribution in [0.4, 0.5) is 0 Å². The van der Waals surface area contributed by atoms with Gasteiger partial charge in [0.05, 0.1) is 0 Å². The van der Waals surface area contributed by atoms with Crippen molar-refractivity contribution in [2.45, 2.75) is 0 Å². The molecule has 5 heteroatoms. The van der Waals surface area contributed by atoms with E-state index >= 15 is 0 Å². The Labute approximate surface area is 357 Å². The number of hydrogen-bond acceptors (Lipinski definition) is 5. The minimum absolute atomic E-state index is 0.559. The van der Waals surface area contributed by atoms with Crippen LogP contribution in [-0.4, -0.2) is 15.0 Å². The molecular formula is C57H35N3O2. The molecule has 0 fully saturated rings. The summed E-state index contributed by atoms with van der Waals surface area (Å²) in [6.07, 6.45) is 0. The lowest BCUT2D eigenvalue weighted by Crippen LogP contribution is -2.00. The van der Waals surface area contributed by atoms with Gasteiger partial charge in [0.1, 0.15) is 22.3 Å². The summed E-state index contributed by atoms with van der Waals surface area (Å²) in [7, 11) is 0. The minimum atomic E-state index is 0.559. The molecular weight excluding hydrogens is 759 g/mol. The van der Waals surface area contributed by atoms with Crippen molar-refractivity contribution in [1.29, 1.82) is 0 Å². The molecule has 3 aromatic heterocycles. The molecule has 0 aliphatic rings. The smallest absolute Gasteiger partial charge is 0.164 e. The first kappa shape index (κ1) is 35.5. The number of furan rings is 2. The largest absolute Gasteiger partial charge is 0.456 e. The van der Waals surface area contributed by atoms with Gasteiger partial charge in [0.2, 0.25) is 0 Å². The molecule has 0 spiro atoms. The highest BCUT2D eigenvalue weighted by Gasteiger charge is 2.21. The van der Waals surface area contributed by atoms with Gasteiger partial charge in [-0.15, -0.1) is 0 Å². The molecule has 0 radical (unpaired) electrons. The van der Waals surface area contributed by atoms with Gasteiger partial charge < -0.3 is 8.83 Å². The van der Waals surface area contributed by atoms with Gasteiger partial charge in [-0.1, -0.05) is 176 Å². The number of nitrogens with zero attached hydrogens (tertiary/aromatic N) is 3. The van der Waals surface area contributed by atoms with Crippen molar-refractivity contribution in [3.8, 4) is 78.7 Å². The van der Waals surface area contributed by atoms with Gasteiger partial charge in [-0.2, -0.15) is 0 Å². The Morgan fingerprint density at radius 2 is 0.613 bits per heavy atom. The third kappa shape index (κ3) is 6.14. The Kier molecular flexibility index (Phi) is 8.42. The predicted molar refractivity (Wildman–Crippen MR) is 252 cm³/mol. The van der Waals surface area contributed by atoms with E-state index in [-0.39, 0.29) is 0 Å². The highest BCUT2D eigenvalue weighted by atomic mass is 16.3. The molecule has 0 aliphatic carbocycles. The first-order chi connectivity index (χ1) is 30.7. The number of aromatic nitrogens is 3. The first-order valence-electron chi connectivity index (χ1n) is 20.8. The molecule has 5 nitrogen and oxygen atoms in total. The summed E-state index contributed by atoms with van der Waals surface area (Å²) in [5.74, 6) is 1.70. The Morgan fingerprint density at radius 3 is 1.13 bits per heavy atom. The molecule has 0 saturated heterocycles. The fraction of sp³-hybridized carbons (Fsp3) is 0. The van der Waals surface area contributed by atoms with Crippen LogP contribution >= 0.6 is 0 Å². The van der Waals surface area contributed by atoms with Crippen LogP contribution in [-0.2, 0) is 0 Å². The maximum atomic E-state index is 6.53. The van der Waals surface area contributed by atoms with E-state index in [4.69, 9.17) is 23.8 Å². The second-order valence-corrected chi connectivity index (χ2v) is 15.5. The van der Waals surface area contributed by atoms with Gasteiger partial charge in [0.15, 0.2) is 17.5 Å². The van der Waals surface area contributed by atoms with Crippen LogP contribution in [0.5, 0.6) is 0 Å². The van der Waals surface area contributed by atoms with Crippen molar-refractivity contribution in [1.82, 2.24) is 15.0 Å². The van der Waals surface area contributed by atoms with E-state index in [1.807, 2.05) is 66.7 Å². The van der Waals surface area contributed by atoms with E-state index < -0.39 is 0 Å². The summed E-state index contributed by atoms with van der Waals surface area (Å²) in [6.45, 7) is 0. The SMILES string of the molecule is c1ccc(-c2ccc3oc4cccc(-c5nc(-c6ccccc6)nc(-c6cccc7oc8ccc(-c9ccc(-c%10ccccc%10-c%10ccccc%10)cc9)cc8c67)n5)c4c3c2)cc1. The number of hydrogen-bond donors (Lipinski definition) is 0.